The van der Waals surface area contributed by atoms with E-state index in [1.807, 2.05) is 79.7 Å². The lowest BCUT2D eigenvalue weighted by Crippen LogP contribution is -2.46. The molecule has 1 saturated heterocycles. The Morgan fingerprint density at radius 2 is 1.70 bits per heavy atom. The molecule has 1 fully saturated rings. The van der Waals surface area contributed by atoms with Crippen molar-refractivity contribution in [3.63, 3.8) is 0 Å². The molecule has 6 nitrogen and oxygen atoms in total. The Labute approximate surface area is 241 Å². The normalized spacial score (nSPS) is 13.9. The summed E-state index contributed by atoms with van der Waals surface area (Å²) in [6.07, 6.45) is 2.47. The van der Waals surface area contributed by atoms with Gasteiger partial charge in [-0.05, 0) is 81.7 Å². The minimum Gasteiger partial charge on any atom is -0.493 e. The monoisotopic (exact) mass is 558 g/mol. The van der Waals surface area contributed by atoms with Crippen molar-refractivity contribution in [2.24, 2.45) is 0 Å². The fraction of sp³-hybridized carbons (Fsp3) is 0.364. The van der Waals surface area contributed by atoms with Gasteiger partial charge in [-0.2, -0.15) is 0 Å². The molecular formula is C33H38N2O4S. The van der Waals surface area contributed by atoms with Crippen LogP contribution < -0.4 is 19.1 Å². The number of likely N-dealkylation sites (tertiary alicyclic amines) is 1. The molecule has 0 bridgehead atoms. The predicted molar refractivity (Wildman–Crippen MR) is 164 cm³/mol. The molecule has 0 aliphatic carbocycles. The van der Waals surface area contributed by atoms with Crippen LogP contribution >= 0.6 is 11.3 Å². The largest absolute Gasteiger partial charge is 0.493 e. The lowest BCUT2D eigenvalue weighted by atomic mass is 10.0. The molecule has 1 aliphatic rings. The van der Waals surface area contributed by atoms with Crippen molar-refractivity contribution in [2.45, 2.75) is 38.8 Å². The molecule has 4 aromatic rings. The molecule has 0 radical (unpaired) electrons. The Balaban J connectivity index is 1.38. The topological polar surface area (TPSA) is 51.2 Å². The van der Waals surface area contributed by atoms with Crippen LogP contribution in [0.15, 0.2) is 66.7 Å². The Morgan fingerprint density at radius 1 is 0.950 bits per heavy atom. The summed E-state index contributed by atoms with van der Waals surface area (Å²) in [6.45, 7) is 7.67. The first kappa shape index (κ1) is 28.0. The first-order valence-electron chi connectivity index (χ1n) is 13.8. The van der Waals surface area contributed by atoms with E-state index in [1.165, 1.54) is 12.8 Å². The summed E-state index contributed by atoms with van der Waals surface area (Å²) in [7, 11) is 5.55. The zero-order valence-corrected chi connectivity index (χ0v) is 24.8. The minimum absolute atomic E-state index is 0.0462. The quantitative estimate of drug-likeness (QED) is 0.184. The number of benzene rings is 3. The molecule has 0 amide bonds. The van der Waals surface area contributed by atoms with E-state index in [1.54, 1.807) is 24.5 Å². The highest BCUT2D eigenvalue weighted by Crippen LogP contribution is 2.41. The number of ketones is 1. The Kier molecular flexibility index (Phi) is 8.33. The van der Waals surface area contributed by atoms with Crippen LogP contribution in [0.4, 0.5) is 5.00 Å². The van der Waals surface area contributed by atoms with Crippen molar-refractivity contribution in [1.82, 2.24) is 4.90 Å². The third-order valence-corrected chi connectivity index (χ3v) is 8.81. The van der Waals surface area contributed by atoms with Crippen LogP contribution in [0.2, 0.25) is 0 Å². The fourth-order valence-electron chi connectivity index (χ4n) is 5.17. The molecule has 3 aromatic carbocycles. The zero-order valence-electron chi connectivity index (χ0n) is 24.0. The lowest BCUT2D eigenvalue weighted by Gasteiger charge is -2.35. The maximum atomic E-state index is 14.0. The van der Waals surface area contributed by atoms with E-state index < -0.39 is 0 Å². The van der Waals surface area contributed by atoms with Crippen molar-refractivity contribution >= 4 is 32.2 Å². The molecule has 0 N–H and O–H groups in total. The van der Waals surface area contributed by atoms with Crippen molar-refractivity contribution in [3.05, 3.63) is 83.4 Å². The summed E-state index contributed by atoms with van der Waals surface area (Å²) in [4.78, 5) is 18.4. The summed E-state index contributed by atoms with van der Waals surface area (Å²) < 4.78 is 19.0. The van der Waals surface area contributed by atoms with E-state index in [0.717, 1.165) is 39.5 Å². The highest BCUT2D eigenvalue weighted by molar-refractivity contribution is 7.23. The Bertz CT molecular complexity index is 1470. The molecule has 1 aliphatic heterocycles. The maximum Gasteiger partial charge on any atom is 0.196 e. The SMILES string of the molecule is COc1cc(C(=O)c2c(N(C)C)sc3cc(OCc4ccccc4)ccc23)ccc1OCC(C)(C)N1CCCC1. The second-order valence-corrected chi connectivity index (χ2v) is 12.1. The van der Waals surface area contributed by atoms with Gasteiger partial charge >= 0.3 is 0 Å². The highest BCUT2D eigenvalue weighted by atomic mass is 32.1. The molecule has 40 heavy (non-hydrogen) atoms. The molecule has 0 saturated carbocycles. The van der Waals surface area contributed by atoms with E-state index in [-0.39, 0.29) is 11.3 Å². The molecule has 210 valence electrons. The van der Waals surface area contributed by atoms with Gasteiger partial charge < -0.3 is 19.1 Å². The standard InChI is InChI=1S/C33H38N2O4S/c1-33(2,35-17-9-10-18-35)22-39-27-16-13-24(19-28(27)37-5)31(36)30-26-15-14-25(20-29(26)40-32(30)34(3)4)38-21-23-11-7-6-8-12-23/h6-8,11-16,19-20H,9-10,17-18,21-22H2,1-5H3. The summed E-state index contributed by atoms with van der Waals surface area (Å²) >= 11 is 1.59. The second kappa shape index (κ2) is 11.9. The Morgan fingerprint density at radius 3 is 2.40 bits per heavy atom. The van der Waals surface area contributed by atoms with Crippen LogP contribution in [0.25, 0.3) is 10.1 Å². The molecular weight excluding hydrogens is 520 g/mol. The molecule has 7 heteroatoms. The molecule has 5 rings (SSSR count). The number of hydrogen-bond acceptors (Lipinski definition) is 7. The van der Waals surface area contributed by atoms with Gasteiger partial charge in [-0.1, -0.05) is 30.3 Å². The van der Waals surface area contributed by atoms with Crippen molar-refractivity contribution in [1.29, 1.82) is 0 Å². The number of ether oxygens (including phenoxy) is 3. The van der Waals surface area contributed by atoms with Crippen LogP contribution in [-0.2, 0) is 6.61 Å². The number of carbonyl (C=O) groups excluding carboxylic acids is 1. The van der Waals surface area contributed by atoms with Gasteiger partial charge in [0.05, 0.1) is 12.7 Å². The smallest absolute Gasteiger partial charge is 0.196 e. The van der Waals surface area contributed by atoms with Crippen molar-refractivity contribution in [2.75, 3.05) is 45.8 Å². The van der Waals surface area contributed by atoms with Crippen LogP contribution in [0, 0.1) is 0 Å². The van der Waals surface area contributed by atoms with Crippen LogP contribution in [-0.4, -0.2) is 57.1 Å². The average Bonchev–Trinajstić information content (AvgIpc) is 3.64. The maximum absolute atomic E-state index is 14.0. The van der Waals surface area contributed by atoms with E-state index >= 15 is 0 Å². The fourth-order valence-corrected chi connectivity index (χ4v) is 6.32. The first-order valence-corrected chi connectivity index (χ1v) is 14.6. The van der Waals surface area contributed by atoms with E-state index in [2.05, 4.69) is 18.7 Å². The molecule has 1 aromatic heterocycles. The third kappa shape index (κ3) is 5.96. The summed E-state index contributed by atoms with van der Waals surface area (Å²) in [5.41, 5.74) is 2.29. The lowest BCUT2D eigenvalue weighted by molar-refractivity contribution is 0.0878. The third-order valence-electron chi connectivity index (χ3n) is 7.49. The highest BCUT2D eigenvalue weighted by Gasteiger charge is 2.30. The second-order valence-electron chi connectivity index (χ2n) is 11.1. The van der Waals surface area contributed by atoms with Gasteiger partial charge in [0.25, 0.3) is 0 Å². The van der Waals surface area contributed by atoms with Gasteiger partial charge in [0.2, 0.25) is 0 Å². The van der Waals surface area contributed by atoms with Crippen molar-refractivity contribution < 1.29 is 19.0 Å². The van der Waals surface area contributed by atoms with Crippen LogP contribution in [0.5, 0.6) is 17.2 Å². The number of nitrogens with zero attached hydrogens (tertiary/aromatic N) is 2. The van der Waals surface area contributed by atoms with Crippen LogP contribution in [0.1, 0.15) is 48.2 Å². The number of thiophene rings is 1. The number of fused-ring (bicyclic) bond motifs is 1. The number of anilines is 1. The van der Waals surface area contributed by atoms with Gasteiger partial charge in [0, 0.05) is 35.3 Å². The molecule has 2 heterocycles. The van der Waals surface area contributed by atoms with Gasteiger partial charge in [-0.3, -0.25) is 9.69 Å². The molecule has 0 unspecified atom stereocenters. The van der Waals surface area contributed by atoms with E-state index in [0.29, 0.717) is 35.8 Å². The Hall–Kier alpha value is -3.55. The number of carbonyl (C=O) groups is 1. The average molecular weight is 559 g/mol. The summed E-state index contributed by atoms with van der Waals surface area (Å²) in [5, 5.41) is 1.82. The van der Waals surface area contributed by atoms with Crippen LogP contribution in [0.3, 0.4) is 0 Å². The van der Waals surface area contributed by atoms with E-state index in [9.17, 15) is 4.79 Å². The van der Waals surface area contributed by atoms with Gasteiger partial charge in [0.15, 0.2) is 17.3 Å². The molecule has 0 spiro atoms. The number of rotatable bonds is 11. The minimum atomic E-state index is -0.0735. The first-order chi connectivity index (χ1) is 19.3. The number of methoxy groups -OCH3 is 1. The van der Waals surface area contributed by atoms with Gasteiger partial charge in [-0.25, -0.2) is 0 Å². The van der Waals surface area contributed by atoms with Gasteiger partial charge in [0.1, 0.15) is 24.0 Å². The predicted octanol–water partition coefficient (Wildman–Crippen LogP) is 7.04. The molecule has 0 atom stereocenters. The van der Waals surface area contributed by atoms with Gasteiger partial charge in [-0.15, -0.1) is 11.3 Å². The van der Waals surface area contributed by atoms with Crippen molar-refractivity contribution in [3.8, 4) is 17.2 Å². The zero-order chi connectivity index (χ0) is 28.3. The van der Waals surface area contributed by atoms with E-state index in [4.69, 9.17) is 14.2 Å². The summed E-state index contributed by atoms with van der Waals surface area (Å²) in [5.74, 6) is 1.94. The number of hydrogen-bond donors (Lipinski definition) is 0. The summed E-state index contributed by atoms with van der Waals surface area (Å²) in [6, 6.07) is 21.5.